The van der Waals surface area contributed by atoms with Gasteiger partial charge in [-0.25, -0.2) is 0 Å². The van der Waals surface area contributed by atoms with Gasteiger partial charge < -0.3 is 10.2 Å². The fraction of sp³-hybridized carbons (Fsp3) is 0.750. The van der Waals surface area contributed by atoms with Gasteiger partial charge in [-0.1, -0.05) is 0 Å². The molecular formula is C16H28N4O. The topological polar surface area (TPSA) is 50.2 Å². The average molecular weight is 292 g/mol. The molecule has 1 aliphatic rings. The zero-order chi connectivity index (χ0) is 15.6. The quantitative estimate of drug-likeness (QED) is 0.903. The van der Waals surface area contributed by atoms with Crippen LogP contribution in [0.2, 0.25) is 0 Å². The van der Waals surface area contributed by atoms with E-state index in [1.165, 1.54) is 11.3 Å². The second-order valence-electron chi connectivity index (χ2n) is 6.50. The van der Waals surface area contributed by atoms with Gasteiger partial charge in [0.05, 0.1) is 5.69 Å². The number of carbonyl (C=O) groups excluding carboxylic acids is 1. The van der Waals surface area contributed by atoms with Crippen LogP contribution in [0.25, 0.3) is 0 Å². The van der Waals surface area contributed by atoms with Gasteiger partial charge in [0, 0.05) is 37.3 Å². The van der Waals surface area contributed by atoms with Crippen molar-refractivity contribution in [3.8, 4) is 0 Å². The van der Waals surface area contributed by atoms with Gasteiger partial charge >= 0.3 is 0 Å². The Balaban J connectivity index is 2.01. The predicted octanol–water partition coefficient (Wildman–Crippen LogP) is 2.04. The lowest BCUT2D eigenvalue weighted by atomic mass is 10.0. The van der Waals surface area contributed by atoms with Crippen LogP contribution < -0.4 is 5.32 Å². The van der Waals surface area contributed by atoms with Crippen LogP contribution in [0.5, 0.6) is 0 Å². The van der Waals surface area contributed by atoms with Gasteiger partial charge in [-0.15, -0.1) is 0 Å². The van der Waals surface area contributed by atoms with Crippen LogP contribution in [0, 0.1) is 19.8 Å². The molecule has 0 bridgehead atoms. The molecular weight excluding hydrogens is 264 g/mol. The van der Waals surface area contributed by atoms with Crippen LogP contribution in [0.3, 0.4) is 0 Å². The van der Waals surface area contributed by atoms with Gasteiger partial charge in [-0.2, -0.15) is 5.10 Å². The molecule has 1 N–H and O–H groups in total. The minimum atomic E-state index is 0.236. The van der Waals surface area contributed by atoms with E-state index in [-0.39, 0.29) is 5.91 Å². The summed E-state index contributed by atoms with van der Waals surface area (Å²) in [4.78, 5) is 14.2. The van der Waals surface area contributed by atoms with Crippen molar-refractivity contribution < 1.29 is 4.79 Å². The summed E-state index contributed by atoms with van der Waals surface area (Å²) >= 11 is 0. The largest absolute Gasteiger partial charge is 0.341 e. The van der Waals surface area contributed by atoms with Crippen molar-refractivity contribution in [1.82, 2.24) is 20.0 Å². The Labute approximate surface area is 127 Å². The number of aryl methyl sites for hydroxylation is 1. The maximum atomic E-state index is 12.3. The van der Waals surface area contributed by atoms with Crippen molar-refractivity contribution in [2.24, 2.45) is 5.92 Å². The molecule has 2 rings (SSSR count). The molecule has 0 saturated carbocycles. The average Bonchev–Trinajstić information content (AvgIpc) is 3.01. The minimum absolute atomic E-state index is 0.236. The number of amides is 1. The molecule has 2 heterocycles. The summed E-state index contributed by atoms with van der Waals surface area (Å²) in [5.41, 5.74) is 3.39. The summed E-state index contributed by atoms with van der Waals surface area (Å²) in [7, 11) is 1.90. The molecule has 0 aliphatic carbocycles. The Morgan fingerprint density at radius 2 is 2.19 bits per heavy atom. The highest BCUT2D eigenvalue weighted by Crippen LogP contribution is 2.20. The third-order valence-corrected chi connectivity index (χ3v) is 4.41. The van der Waals surface area contributed by atoms with Gasteiger partial charge in [0.25, 0.3) is 0 Å². The molecule has 5 nitrogen and oxygen atoms in total. The van der Waals surface area contributed by atoms with E-state index in [9.17, 15) is 4.79 Å². The fourth-order valence-corrected chi connectivity index (χ4v) is 3.05. The number of aromatic nitrogens is 2. The van der Waals surface area contributed by atoms with Crippen LogP contribution in [-0.4, -0.2) is 40.7 Å². The van der Waals surface area contributed by atoms with Gasteiger partial charge in [-0.3, -0.25) is 9.48 Å². The maximum Gasteiger partial charge on any atom is 0.222 e. The molecule has 1 saturated heterocycles. The third kappa shape index (κ3) is 3.64. The number of nitrogens with zero attached hydrogens (tertiary/aromatic N) is 3. The number of hydrogen-bond acceptors (Lipinski definition) is 3. The Bertz CT molecular complexity index is 501. The van der Waals surface area contributed by atoms with Gasteiger partial charge in [0.1, 0.15) is 0 Å². The molecule has 1 amide bonds. The lowest BCUT2D eigenvalue weighted by Crippen LogP contribution is -2.29. The standard InChI is InChI=1S/C16H28N4O/c1-11(2)20-13(4)15(12(3)18-20)10-19(5)16(21)8-14-6-7-17-9-14/h11,14,17H,6-10H2,1-5H3/t14-/m1/s1. The molecule has 0 radical (unpaired) electrons. The van der Waals surface area contributed by atoms with Gasteiger partial charge in [0.2, 0.25) is 5.91 Å². The van der Waals surface area contributed by atoms with E-state index in [0.717, 1.165) is 25.2 Å². The Hall–Kier alpha value is -1.36. The van der Waals surface area contributed by atoms with Crippen LogP contribution >= 0.6 is 0 Å². The SMILES string of the molecule is Cc1nn(C(C)C)c(C)c1CN(C)C(=O)C[C@H]1CCNC1. The number of hydrogen-bond donors (Lipinski definition) is 1. The molecule has 118 valence electrons. The first-order chi connectivity index (χ1) is 9.90. The lowest BCUT2D eigenvalue weighted by Gasteiger charge is -2.19. The summed E-state index contributed by atoms with van der Waals surface area (Å²) < 4.78 is 2.05. The van der Waals surface area contributed by atoms with Crippen LogP contribution in [-0.2, 0) is 11.3 Å². The number of nitrogens with one attached hydrogen (secondary N) is 1. The Morgan fingerprint density at radius 1 is 1.48 bits per heavy atom. The summed E-state index contributed by atoms with van der Waals surface area (Å²) in [6, 6.07) is 0.350. The van der Waals surface area contributed by atoms with E-state index in [0.29, 0.717) is 24.9 Å². The van der Waals surface area contributed by atoms with Gasteiger partial charge in [-0.05, 0) is 53.1 Å². The van der Waals surface area contributed by atoms with E-state index in [2.05, 4.69) is 31.2 Å². The summed E-state index contributed by atoms with van der Waals surface area (Å²) in [6.45, 7) is 11.1. The molecule has 0 aromatic carbocycles. The highest BCUT2D eigenvalue weighted by atomic mass is 16.2. The van der Waals surface area contributed by atoms with Crippen molar-refractivity contribution in [3.05, 3.63) is 17.0 Å². The van der Waals surface area contributed by atoms with E-state index < -0.39 is 0 Å². The van der Waals surface area contributed by atoms with Gasteiger partial charge in [0.15, 0.2) is 0 Å². The molecule has 5 heteroatoms. The van der Waals surface area contributed by atoms with E-state index >= 15 is 0 Å². The third-order valence-electron chi connectivity index (χ3n) is 4.41. The fourth-order valence-electron chi connectivity index (χ4n) is 3.05. The summed E-state index contributed by atoms with van der Waals surface area (Å²) in [5.74, 6) is 0.736. The number of rotatable bonds is 5. The summed E-state index contributed by atoms with van der Waals surface area (Å²) in [6.07, 6.45) is 1.77. The molecule has 1 aliphatic heterocycles. The molecule has 1 aromatic rings. The Kier molecular flexibility index (Phi) is 5.04. The molecule has 1 atom stereocenters. The Morgan fingerprint density at radius 3 is 2.71 bits per heavy atom. The van der Waals surface area contributed by atoms with Crippen molar-refractivity contribution in [3.63, 3.8) is 0 Å². The molecule has 1 fully saturated rings. The zero-order valence-corrected chi connectivity index (χ0v) is 13.9. The van der Waals surface area contributed by atoms with Crippen molar-refractivity contribution in [2.45, 2.75) is 53.1 Å². The molecule has 0 unspecified atom stereocenters. The summed E-state index contributed by atoms with van der Waals surface area (Å²) in [5, 5.41) is 7.91. The smallest absolute Gasteiger partial charge is 0.222 e. The predicted molar refractivity (Wildman–Crippen MR) is 84.2 cm³/mol. The normalized spacial score (nSPS) is 18.5. The van der Waals surface area contributed by atoms with Crippen LogP contribution in [0.4, 0.5) is 0 Å². The van der Waals surface area contributed by atoms with Crippen molar-refractivity contribution >= 4 is 5.91 Å². The van der Waals surface area contributed by atoms with Crippen LogP contribution in [0.15, 0.2) is 0 Å². The first-order valence-corrected chi connectivity index (χ1v) is 7.89. The highest BCUT2D eigenvalue weighted by molar-refractivity contribution is 5.76. The first-order valence-electron chi connectivity index (χ1n) is 7.89. The first kappa shape index (κ1) is 16.0. The molecule has 1 aromatic heterocycles. The molecule has 0 spiro atoms. The van der Waals surface area contributed by atoms with Crippen molar-refractivity contribution in [1.29, 1.82) is 0 Å². The number of carbonyl (C=O) groups is 1. The second kappa shape index (κ2) is 6.60. The minimum Gasteiger partial charge on any atom is -0.341 e. The zero-order valence-electron chi connectivity index (χ0n) is 13.9. The van der Waals surface area contributed by atoms with E-state index in [1.807, 2.05) is 23.6 Å². The lowest BCUT2D eigenvalue weighted by molar-refractivity contribution is -0.131. The molecule has 21 heavy (non-hydrogen) atoms. The van der Waals surface area contributed by atoms with Crippen molar-refractivity contribution in [2.75, 3.05) is 20.1 Å². The second-order valence-corrected chi connectivity index (χ2v) is 6.50. The van der Waals surface area contributed by atoms with Crippen LogP contribution in [0.1, 0.15) is 49.7 Å². The van der Waals surface area contributed by atoms with E-state index in [1.54, 1.807) is 0 Å². The highest BCUT2D eigenvalue weighted by Gasteiger charge is 2.22. The van der Waals surface area contributed by atoms with E-state index in [4.69, 9.17) is 0 Å². The monoisotopic (exact) mass is 292 g/mol. The maximum absolute atomic E-state index is 12.3.